The molecule has 0 aromatic carbocycles. The maximum absolute atomic E-state index is 4.07. The number of hydrogen-bond donors (Lipinski definition) is 1. The topological polar surface area (TPSA) is 42.7 Å². The van der Waals surface area contributed by atoms with E-state index in [2.05, 4.69) is 36.3 Å². The molecule has 1 aromatic heterocycles. The number of nitrogens with one attached hydrogen (secondary N) is 1. The Morgan fingerprint density at radius 1 is 1.50 bits per heavy atom. The molecule has 1 aromatic rings. The van der Waals surface area contributed by atoms with Crippen molar-refractivity contribution in [3.63, 3.8) is 0 Å². The van der Waals surface area contributed by atoms with Gasteiger partial charge in [0, 0.05) is 7.05 Å². The van der Waals surface area contributed by atoms with Crippen LogP contribution in [0.3, 0.4) is 0 Å². The van der Waals surface area contributed by atoms with Crippen molar-refractivity contribution in [1.29, 1.82) is 0 Å². The first kappa shape index (κ1) is 11.2. The zero-order valence-electron chi connectivity index (χ0n) is 9.49. The lowest BCUT2D eigenvalue weighted by atomic mass is 10.1. The average Bonchev–Trinajstić information content (AvgIpc) is 2.60. The Kier molecular flexibility index (Phi) is 4.07. The summed E-state index contributed by atoms with van der Waals surface area (Å²) >= 11 is 0. The van der Waals surface area contributed by atoms with Crippen LogP contribution in [0.4, 0.5) is 0 Å². The fourth-order valence-corrected chi connectivity index (χ4v) is 1.30. The van der Waals surface area contributed by atoms with E-state index in [-0.39, 0.29) is 6.04 Å². The molecule has 4 nitrogen and oxygen atoms in total. The maximum Gasteiger partial charge on any atom is 0.149 e. The molecule has 0 saturated heterocycles. The van der Waals surface area contributed by atoms with Crippen LogP contribution >= 0.6 is 0 Å². The normalized spacial score (nSPS) is 15.4. The highest BCUT2D eigenvalue weighted by Gasteiger charge is 2.11. The molecule has 0 aliphatic rings. The highest BCUT2D eigenvalue weighted by Crippen LogP contribution is 2.08. The zero-order valence-corrected chi connectivity index (χ0v) is 9.49. The van der Waals surface area contributed by atoms with Crippen LogP contribution in [0.5, 0.6) is 0 Å². The Labute approximate surface area is 85.7 Å². The van der Waals surface area contributed by atoms with Crippen LogP contribution in [-0.2, 0) is 7.05 Å². The molecule has 4 heteroatoms. The van der Waals surface area contributed by atoms with E-state index in [0.717, 1.165) is 12.4 Å². The summed E-state index contributed by atoms with van der Waals surface area (Å²) in [6.45, 7) is 7.60. The van der Waals surface area contributed by atoms with Gasteiger partial charge in [0.05, 0.1) is 6.04 Å². The molecule has 14 heavy (non-hydrogen) atoms. The second kappa shape index (κ2) is 5.10. The number of aromatic nitrogens is 3. The number of aryl methyl sites for hydroxylation is 1. The Morgan fingerprint density at radius 2 is 2.21 bits per heavy atom. The molecule has 1 rings (SSSR count). The van der Waals surface area contributed by atoms with Gasteiger partial charge in [-0.1, -0.05) is 20.3 Å². The monoisotopic (exact) mass is 196 g/mol. The Balaban J connectivity index is 2.43. The number of hydrogen-bond acceptors (Lipinski definition) is 3. The quantitative estimate of drug-likeness (QED) is 0.776. The molecular formula is C10H20N4. The summed E-state index contributed by atoms with van der Waals surface area (Å²) in [7, 11) is 1.97. The third-order valence-electron chi connectivity index (χ3n) is 2.60. The second-order valence-electron chi connectivity index (χ2n) is 3.94. The van der Waals surface area contributed by atoms with Crippen LogP contribution in [0, 0.1) is 5.92 Å². The summed E-state index contributed by atoms with van der Waals surface area (Å²) in [5.74, 6) is 1.71. The molecular weight excluding hydrogens is 176 g/mol. The Hall–Kier alpha value is -0.900. The van der Waals surface area contributed by atoms with E-state index in [1.165, 1.54) is 6.42 Å². The molecule has 80 valence electrons. The standard InChI is InChI=1S/C10H20N4/c1-5-8(2)6-11-9(3)10-13-12-7-14(10)4/h7-9,11H,5-6H2,1-4H3. The summed E-state index contributed by atoms with van der Waals surface area (Å²) < 4.78 is 1.95. The second-order valence-corrected chi connectivity index (χ2v) is 3.94. The number of nitrogens with zero attached hydrogens (tertiary/aromatic N) is 3. The van der Waals surface area contributed by atoms with Crippen molar-refractivity contribution >= 4 is 0 Å². The first-order chi connectivity index (χ1) is 6.65. The van der Waals surface area contributed by atoms with Gasteiger partial charge in [-0.2, -0.15) is 0 Å². The van der Waals surface area contributed by atoms with Gasteiger partial charge < -0.3 is 9.88 Å². The minimum absolute atomic E-state index is 0.275. The Bertz CT molecular complexity index is 269. The van der Waals surface area contributed by atoms with Crippen LogP contribution in [-0.4, -0.2) is 21.3 Å². The van der Waals surface area contributed by atoms with E-state index in [4.69, 9.17) is 0 Å². The predicted molar refractivity (Wildman–Crippen MR) is 56.9 cm³/mol. The molecule has 0 amide bonds. The smallest absolute Gasteiger partial charge is 0.149 e. The summed E-state index contributed by atoms with van der Waals surface area (Å²) in [5.41, 5.74) is 0. The van der Waals surface area contributed by atoms with Crippen molar-refractivity contribution < 1.29 is 0 Å². The van der Waals surface area contributed by atoms with Gasteiger partial charge in [0.25, 0.3) is 0 Å². The van der Waals surface area contributed by atoms with E-state index in [9.17, 15) is 0 Å². The summed E-state index contributed by atoms with van der Waals surface area (Å²) in [6, 6.07) is 0.275. The third-order valence-corrected chi connectivity index (χ3v) is 2.60. The van der Waals surface area contributed by atoms with Crippen LogP contribution in [0.25, 0.3) is 0 Å². The third kappa shape index (κ3) is 2.80. The lowest BCUT2D eigenvalue weighted by molar-refractivity contribution is 0.444. The van der Waals surface area contributed by atoms with Crippen LogP contribution in [0.15, 0.2) is 6.33 Å². The van der Waals surface area contributed by atoms with Gasteiger partial charge in [-0.25, -0.2) is 0 Å². The minimum atomic E-state index is 0.275. The minimum Gasteiger partial charge on any atom is -0.319 e. The van der Waals surface area contributed by atoms with Crippen LogP contribution in [0.2, 0.25) is 0 Å². The molecule has 1 heterocycles. The van der Waals surface area contributed by atoms with Crippen molar-refractivity contribution in [2.45, 2.75) is 33.2 Å². The van der Waals surface area contributed by atoms with Crippen molar-refractivity contribution in [1.82, 2.24) is 20.1 Å². The van der Waals surface area contributed by atoms with Crippen LogP contribution < -0.4 is 5.32 Å². The van der Waals surface area contributed by atoms with Crippen molar-refractivity contribution in [2.24, 2.45) is 13.0 Å². The lowest BCUT2D eigenvalue weighted by Gasteiger charge is -2.15. The molecule has 2 unspecified atom stereocenters. The molecule has 0 aliphatic heterocycles. The van der Waals surface area contributed by atoms with E-state index >= 15 is 0 Å². The molecule has 0 fully saturated rings. The molecule has 0 bridgehead atoms. The summed E-state index contributed by atoms with van der Waals surface area (Å²) in [4.78, 5) is 0. The van der Waals surface area contributed by atoms with Gasteiger partial charge >= 0.3 is 0 Å². The van der Waals surface area contributed by atoms with Gasteiger partial charge in [-0.3, -0.25) is 0 Å². The summed E-state index contributed by atoms with van der Waals surface area (Å²) in [5, 5.41) is 11.4. The molecule has 1 N–H and O–H groups in total. The van der Waals surface area contributed by atoms with Crippen molar-refractivity contribution in [2.75, 3.05) is 6.54 Å². The van der Waals surface area contributed by atoms with Crippen molar-refractivity contribution in [3.8, 4) is 0 Å². The van der Waals surface area contributed by atoms with E-state index in [1.54, 1.807) is 6.33 Å². The lowest BCUT2D eigenvalue weighted by Crippen LogP contribution is -2.26. The fourth-order valence-electron chi connectivity index (χ4n) is 1.30. The first-order valence-electron chi connectivity index (χ1n) is 5.22. The largest absolute Gasteiger partial charge is 0.319 e. The van der Waals surface area contributed by atoms with E-state index in [0.29, 0.717) is 5.92 Å². The highest BCUT2D eigenvalue weighted by atomic mass is 15.3. The molecule has 0 saturated carbocycles. The van der Waals surface area contributed by atoms with Gasteiger partial charge in [0.2, 0.25) is 0 Å². The molecule has 0 spiro atoms. The van der Waals surface area contributed by atoms with Crippen molar-refractivity contribution in [3.05, 3.63) is 12.2 Å². The van der Waals surface area contributed by atoms with Gasteiger partial charge in [0.1, 0.15) is 12.2 Å². The van der Waals surface area contributed by atoms with E-state index < -0.39 is 0 Å². The van der Waals surface area contributed by atoms with Gasteiger partial charge in [-0.15, -0.1) is 10.2 Å². The van der Waals surface area contributed by atoms with Gasteiger partial charge in [0.15, 0.2) is 0 Å². The highest BCUT2D eigenvalue weighted by molar-refractivity contribution is 4.91. The maximum atomic E-state index is 4.07. The fraction of sp³-hybridized carbons (Fsp3) is 0.800. The molecule has 2 atom stereocenters. The zero-order chi connectivity index (χ0) is 10.6. The molecule has 0 aliphatic carbocycles. The SMILES string of the molecule is CCC(C)CNC(C)c1nncn1C. The first-order valence-corrected chi connectivity index (χ1v) is 5.22. The summed E-state index contributed by atoms with van der Waals surface area (Å²) in [6.07, 6.45) is 2.94. The number of rotatable bonds is 5. The predicted octanol–water partition coefficient (Wildman–Crippen LogP) is 1.51. The Morgan fingerprint density at radius 3 is 2.71 bits per heavy atom. The van der Waals surface area contributed by atoms with Gasteiger partial charge in [-0.05, 0) is 19.4 Å². The van der Waals surface area contributed by atoms with Crippen LogP contribution in [0.1, 0.15) is 39.1 Å². The average molecular weight is 196 g/mol. The molecule has 0 radical (unpaired) electrons. The van der Waals surface area contributed by atoms with E-state index in [1.807, 2.05) is 11.6 Å².